The summed E-state index contributed by atoms with van der Waals surface area (Å²) in [5.41, 5.74) is 1.18. The molecule has 0 unspecified atom stereocenters. The third-order valence-corrected chi connectivity index (χ3v) is 5.93. The van der Waals surface area contributed by atoms with Crippen molar-refractivity contribution in [2.45, 2.75) is 43.8 Å². The van der Waals surface area contributed by atoms with Crippen LogP contribution in [0.4, 0.5) is 0 Å². The number of aryl methyl sites for hydroxylation is 1. The van der Waals surface area contributed by atoms with Gasteiger partial charge in [0.25, 0.3) is 5.91 Å². The van der Waals surface area contributed by atoms with Crippen molar-refractivity contribution in [3.05, 3.63) is 47.8 Å². The molecule has 1 aliphatic rings. The minimum atomic E-state index is -3.69. The second kappa shape index (κ2) is 6.97. The Morgan fingerprint density at radius 1 is 1.40 bits per heavy atom. The molecule has 1 aromatic carbocycles. The van der Waals surface area contributed by atoms with E-state index in [0.29, 0.717) is 5.56 Å². The van der Waals surface area contributed by atoms with E-state index in [1.165, 1.54) is 23.5 Å². The van der Waals surface area contributed by atoms with Gasteiger partial charge < -0.3 is 5.32 Å². The van der Waals surface area contributed by atoms with Crippen LogP contribution in [-0.4, -0.2) is 41.5 Å². The van der Waals surface area contributed by atoms with Crippen molar-refractivity contribution in [3.8, 4) is 0 Å². The van der Waals surface area contributed by atoms with Crippen LogP contribution in [0.25, 0.3) is 0 Å². The monoisotopic (exact) mass is 362 g/mol. The number of hydrogen-bond donors (Lipinski definition) is 1. The lowest BCUT2D eigenvalue weighted by Gasteiger charge is -2.17. The quantitative estimate of drug-likeness (QED) is 0.811. The van der Waals surface area contributed by atoms with Gasteiger partial charge in [-0.25, -0.2) is 8.42 Å². The van der Waals surface area contributed by atoms with Gasteiger partial charge in [0, 0.05) is 43.5 Å². The number of carbonyl (C=O) groups is 1. The second-order valence-corrected chi connectivity index (χ2v) is 8.29. The van der Waals surface area contributed by atoms with Crippen molar-refractivity contribution >= 4 is 15.9 Å². The van der Waals surface area contributed by atoms with E-state index < -0.39 is 10.0 Å². The fourth-order valence-electron chi connectivity index (χ4n) is 2.48. The molecular formula is C17H22N4O3S. The Morgan fingerprint density at radius 2 is 2.16 bits per heavy atom. The van der Waals surface area contributed by atoms with Crippen molar-refractivity contribution in [3.63, 3.8) is 0 Å². The van der Waals surface area contributed by atoms with Gasteiger partial charge in [-0.3, -0.25) is 9.48 Å². The second-order valence-electron chi connectivity index (χ2n) is 6.24. The van der Waals surface area contributed by atoms with Crippen LogP contribution in [0, 0.1) is 0 Å². The number of amides is 1. The van der Waals surface area contributed by atoms with Gasteiger partial charge in [-0.1, -0.05) is 6.07 Å². The summed E-state index contributed by atoms with van der Waals surface area (Å²) in [4.78, 5) is 12.3. The summed E-state index contributed by atoms with van der Waals surface area (Å²) < 4.78 is 28.6. The first-order chi connectivity index (χ1) is 11.9. The first kappa shape index (κ1) is 17.6. The third-order valence-electron chi connectivity index (χ3n) is 4.13. The lowest BCUT2D eigenvalue weighted by atomic mass is 10.2. The van der Waals surface area contributed by atoms with E-state index in [2.05, 4.69) is 10.4 Å². The Labute approximate surface area is 147 Å². The maximum Gasteiger partial charge on any atom is 0.251 e. The molecule has 134 valence electrons. The van der Waals surface area contributed by atoms with Crippen LogP contribution >= 0.6 is 0 Å². The highest BCUT2D eigenvalue weighted by Crippen LogP contribution is 2.21. The molecule has 25 heavy (non-hydrogen) atoms. The van der Waals surface area contributed by atoms with Crippen LogP contribution in [-0.2, 0) is 23.1 Å². The highest BCUT2D eigenvalue weighted by atomic mass is 32.2. The number of carbonyl (C=O) groups excluding carboxylic acids is 1. The SMILES string of the molecule is CCn1cc(CN(C)S(=O)(=O)c2cccc(C(=O)NC3CC3)c2)cn1. The van der Waals surface area contributed by atoms with E-state index in [1.54, 1.807) is 23.0 Å². The normalized spacial score (nSPS) is 14.7. The minimum absolute atomic E-state index is 0.112. The molecule has 1 fully saturated rings. The molecule has 0 bridgehead atoms. The van der Waals surface area contributed by atoms with Crippen molar-refractivity contribution in [1.82, 2.24) is 19.4 Å². The van der Waals surface area contributed by atoms with E-state index in [9.17, 15) is 13.2 Å². The van der Waals surface area contributed by atoms with Crippen molar-refractivity contribution in [2.75, 3.05) is 7.05 Å². The largest absolute Gasteiger partial charge is 0.349 e. The van der Waals surface area contributed by atoms with Gasteiger partial charge in [0.15, 0.2) is 0 Å². The number of hydrogen-bond acceptors (Lipinski definition) is 4. The molecule has 0 spiro atoms. The van der Waals surface area contributed by atoms with Gasteiger partial charge in [0.05, 0.1) is 11.1 Å². The molecule has 1 aliphatic carbocycles. The average molecular weight is 362 g/mol. The molecule has 8 heteroatoms. The minimum Gasteiger partial charge on any atom is -0.349 e. The van der Waals surface area contributed by atoms with Crippen LogP contribution in [0.1, 0.15) is 35.7 Å². The number of rotatable bonds is 7. The molecule has 3 rings (SSSR count). The van der Waals surface area contributed by atoms with E-state index in [-0.39, 0.29) is 23.4 Å². The Kier molecular flexibility index (Phi) is 4.91. The summed E-state index contributed by atoms with van der Waals surface area (Å²) in [6.07, 6.45) is 5.45. The van der Waals surface area contributed by atoms with E-state index in [1.807, 2.05) is 13.1 Å². The molecule has 0 aliphatic heterocycles. The summed E-state index contributed by atoms with van der Waals surface area (Å²) in [7, 11) is -2.16. The molecule has 1 aromatic heterocycles. The standard InChI is InChI=1S/C17H22N4O3S/c1-3-21-12-13(10-18-21)11-20(2)25(23,24)16-6-4-5-14(9-16)17(22)19-15-7-8-15/h4-6,9-10,12,15H,3,7-8,11H2,1-2H3,(H,19,22). The van der Waals surface area contributed by atoms with Gasteiger partial charge >= 0.3 is 0 Å². The summed E-state index contributed by atoms with van der Waals surface area (Å²) >= 11 is 0. The molecule has 1 heterocycles. The highest BCUT2D eigenvalue weighted by Gasteiger charge is 2.26. The van der Waals surface area contributed by atoms with Gasteiger partial charge in [0.2, 0.25) is 10.0 Å². The number of nitrogens with one attached hydrogen (secondary N) is 1. The Morgan fingerprint density at radius 3 is 2.80 bits per heavy atom. The van der Waals surface area contributed by atoms with Crippen molar-refractivity contribution in [2.24, 2.45) is 0 Å². The van der Waals surface area contributed by atoms with E-state index in [0.717, 1.165) is 24.9 Å². The number of aromatic nitrogens is 2. The van der Waals surface area contributed by atoms with Crippen molar-refractivity contribution < 1.29 is 13.2 Å². The molecular weight excluding hydrogens is 340 g/mol. The number of nitrogens with zero attached hydrogens (tertiary/aromatic N) is 3. The molecule has 0 radical (unpaired) electrons. The molecule has 1 amide bonds. The van der Waals surface area contributed by atoms with E-state index >= 15 is 0 Å². The maximum absolute atomic E-state index is 12.8. The first-order valence-electron chi connectivity index (χ1n) is 8.28. The zero-order valence-electron chi connectivity index (χ0n) is 14.3. The predicted octanol–water partition coefficient (Wildman–Crippen LogP) is 1.62. The number of benzene rings is 1. The zero-order chi connectivity index (χ0) is 18.0. The smallest absolute Gasteiger partial charge is 0.251 e. The fraction of sp³-hybridized carbons (Fsp3) is 0.412. The van der Waals surface area contributed by atoms with Gasteiger partial charge in [-0.15, -0.1) is 0 Å². The van der Waals surface area contributed by atoms with Gasteiger partial charge in [-0.2, -0.15) is 9.40 Å². The van der Waals surface area contributed by atoms with Crippen LogP contribution in [0.2, 0.25) is 0 Å². The number of sulfonamides is 1. The van der Waals surface area contributed by atoms with Crippen LogP contribution in [0.15, 0.2) is 41.6 Å². The highest BCUT2D eigenvalue weighted by molar-refractivity contribution is 7.89. The maximum atomic E-state index is 12.8. The first-order valence-corrected chi connectivity index (χ1v) is 9.72. The van der Waals surface area contributed by atoms with Gasteiger partial charge in [-0.05, 0) is 38.0 Å². The summed E-state index contributed by atoms with van der Waals surface area (Å²) in [5, 5.41) is 7.02. The van der Waals surface area contributed by atoms with Crippen LogP contribution in [0.3, 0.4) is 0 Å². The summed E-state index contributed by atoms with van der Waals surface area (Å²) in [6, 6.07) is 6.39. The molecule has 2 aromatic rings. The third kappa shape index (κ3) is 4.08. The van der Waals surface area contributed by atoms with Crippen molar-refractivity contribution in [1.29, 1.82) is 0 Å². The fourth-order valence-corrected chi connectivity index (χ4v) is 3.68. The Balaban J connectivity index is 1.77. The van der Waals surface area contributed by atoms with Crippen LogP contribution in [0.5, 0.6) is 0 Å². The Hall–Kier alpha value is -2.19. The summed E-state index contributed by atoms with van der Waals surface area (Å²) in [6.45, 7) is 2.92. The van der Waals surface area contributed by atoms with Crippen LogP contribution < -0.4 is 5.32 Å². The predicted molar refractivity (Wildman–Crippen MR) is 93.5 cm³/mol. The topological polar surface area (TPSA) is 84.3 Å². The molecule has 7 nitrogen and oxygen atoms in total. The molecule has 1 N–H and O–H groups in total. The lowest BCUT2D eigenvalue weighted by molar-refractivity contribution is 0.0951. The zero-order valence-corrected chi connectivity index (χ0v) is 15.2. The molecule has 0 saturated heterocycles. The molecule has 1 saturated carbocycles. The molecule has 0 atom stereocenters. The van der Waals surface area contributed by atoms with Gasteiger partial charge in [0.1, 0.15) is 0 Å². The summed E-state index contributed by atoms with van der Waals surface area (Å²) in [5.74, 6) is -0.230. The lowest BCUT2D eigenvalue weighted by Crippen LogP contribution is -2.28. The Bertz CT molecular complexity index is 872. The van der Waals surface area contributed by atoms with E-state index in [4.69, 9.17) is 0 Å². The average Bonchev–Trinajstić information content (AvgIpc) is 3.30.